The number of H-pyrrole nitrogens is 1. The Hall–Kier alpha value is -2.56. The molecule has 0 amide bonds. The number of halogens is 1. The molecule has 3 aromatic rings. The van der Waals surface area contributed by atoms with Crippen molar-refractivity contribution in [2.75, 3.05) is 0 Å². The Morgan fingerprint density at radius 3 is 2.74 bits per heavy atom. The molecule has 0 atom stereocenters. The fourth-order valence-electron chi connectivity index (χ4n) is 2.12. The van der Waals surface area contributed by atoms with E-state index in [0.717, 1.165) is 0 Å². The Morgan fingerprint density at radius 1 is 1.16 bits per heavy atom. The third-order valence-electron chi connectivity index (χ3n) is 3.07. The van der Waals surface area contributed by atoms with Crippen LogP contribution in [0.5, 0.6) is 5.75 Å². The van der Waals surface area contributed by atoms with E-state index in [1.807, 2.05) is 0 Å². The first-order valence-electron chi connectivity index (χ1n) is 5.81. The van der Waals surface area contributed by atoms with Crippen LogP contribution >= 0.6 is 0 Å². The van der Waals surface area contributed by atoms with Gasteiger partial charge in [0.2, 0.25) is 0 Å². The van der Waals surface area contributed by atoms with Crippen molar-refractivity contribution in [1.82, 2.24) is 9.55 Å². The van der Waals surface area contributed by atoms with Gasteiger partial charge in [0.25, 0.3) is 0 Å². The topological polar surface area (TPSA) is 58.0 Å². The van der Waals surface area contributed by atoms with Crippen molar-refractivity contribution < 1.29 is 9.50 Å². The molecule has 0 fully saturated rings. The summed E-state index contributed by atoms with van der Waals surface area (Å²) in [6.07, 6.45) is 0. The maximum atomic E-state index is 13.6. The molecule has 2 aromatic carbocycles. The van der Waals surface area contributed by atoms with Crippen molar-refractivity contribution in [1.29, 1.82) is 0 Å². The van der Waals surface area contributed by atoms with Crippen molar-refractivity contribution in [2.45, 2.75) is 6.54 Å². The number of phenols is 1. The number of nitrogens with zero attached hydrogens (tertiary/aromatic N) is 1. The zero-order valence-corrected chi connectivity index (χ0v) is 9.93. The molecule has 2 N–H and O–H groups in total. The summed E-state index contributed by atoms with van der Waals surface area (Å²) in [7, 11) is 0. The quantitative estimate of drug-likeness (QED) is 0.740. The molecule has 0 aliphatic heterocycles. The number of aromatic hydroxyl groups is 1. The molecule has 4 nitrogen and oxygen atoms in total. The van der Waals surface area contributed by atoms with Crippen LogP contribution in [0.4, 0.5) is 4.39 Å². The lowest BCUT2D eigenvalue weighted by atomic mass is 10.2. The smallest absolute Gasteiger partial charge is 0.326 e. The summed E-state index contributed by atoms with van der Waals surface area (Å²) in [6.45, 7) is 0.120. The molecular weight excluding hydrogens is 247 g/mol. The summed E-state index contributed by atoms with van der Waals surface area (Å²) in [5, 5.41) is 9.67. The Balaban J connectivity index is 2.16. The van der Waals surface area contributed by atoms with Crippen molar-refractivity contribution in [2.24, 2.45) is 0 Å². The molecule has 96 valence electrons. The van der Waals surface area contributed by atoms with E-state index in [9.17, 15) is 14.3 Å². The zero-order valence-electron chi connectivity index (χ0n) is 9.93. The Labute approximate surface area is 107 Å². The third kappa shape index (κ3) is 1.89. The normalized spacial score (nSPS) is 11.0. The van der Waals surface area contributed by atoms with E-state index in [0.29, 0.717) is 16.6 Å². The molecule has 0 aliphatic carbocycles. The van der Waals surface area contributed by atoms with Gasteiger partial charge in [0, 0.05) is 5.56 Å². The standard InChI is InChI=1S/C14H11FN2O2/c15-10-5-2-1-4-9(10)8-17-11-6-3-7-12(18)13(11)16-14(17)19/h1-7,18H,8H2,(H,16,19). The van der Waals surface area contributed by atoms with Crippen molar-refractivity contribution in [3.8, 4) is 5.75 Å². The summed E-state index contributed by atoms with van der Waals surface area (Å²) in [6, 6.07) is 11.1. The number of aromatic nitrogens is 2. The molecule has 19 heavy (non-hydrogen) atoms. The van der Waals surface area contributed by atoms with Crippen molar-refractivity contribution >= 4 is 11.0 Å². The predicted molar refractivity (Wildman–Crippen MR) is 69.7 cm³/mol. The highest BCUT2D eigenvalue weighted by atomic mass is 19.1. The number of imidazole rings is 1. The largest absolute Gasteiger partial charge is 0.506 e. The zero-order chi connectivity index (χ0) is 13.4. The predicted octanol–water partition coefficient (Wildman–Crippen LogP) is 2.22. The summed E-state index contributed by atoms with van der Waals surface area (Å²) in [5.41, 5.74) is 0.964. The van der Waals surface area contributed by atoms with Crippen molar-refractivity contribution in [3.63, 3.8) is 0 Å². The molecule has 0 aliphatic rings. The SMILES string of the molecule is O=c1[nH]c2c(O)cccc2n1Cc1ccccc1F. The Morgan fingerprint density at radius 2 is 1.95 bits per heavy atom. The monoisotopic (exact) mass is 258 g/mol. The molecule has 0 saturated carbocycles. The van der Waals surface area contributed by atoms with E-state index in [2.05, 4.69) is 4.98 Å². The molecule has 5 heteroatoms. The number of hydrogen-bond acceptors (Lipinski definition) is 2. The van der Waals surface area contributed by atoms with E-state index >= 15 is 0 Å². The highest BCUT2D eigenvalue weighted by Gasteiger charge is 2.11. The minimum atomic E-state index is -0.375. The van der Waals surface area contributed by atoms with Crippen molar-refractivity contribution in [3.05, 3.63) is 64.3 Å². The molecule has 3 rings (SSSR count). The van der Waals surface area contributed by atoms with Crippen LogP contribution in [0, 0.1) is 5.82 Å². The first kappa shape index (κ1) is 11.5. The average molecular weight is 258 g/mol. The van der Waals surface area contributed by atoms with E-state index in [1.165, 1.54) is 16.7 Å². The molecule has 0 saturated heterocycles. The number of fused-ring (bicyclic) bond motifs is 1. The van der Waals surface area contributed by atoms with E-state index in [4.69, 9.17) is 0 Å². The number of nitrogens with one attached hydrogen (secondary N) is 1. The summed E-state index contributed by atoms with van der Waals surface area (Å²) < 4.78 is 15.0. The lowest BCUT2D eigenvalue weighted by Crippen LogP contribution is -2.17. The second kappa shape index (κ2) is 4.28. The van der Waals surface area contributed by atoms with Gasteiger partial charge in [0.05, 0.1) is 12.1 Å². The van der Waals surface area contributed by atoms with Crippen LogP contribution in [-0.2, 0) is 6.54 Å². The van der Waals surface area contributed by atoms with E-state index < -0.39 is 0 Å². The Bertz CT molecular complexity index is 805. The van der Waals surface area contributed by atoms with Gasteiger partial charge < -0.3 is 10.1 Å². The van der Waals surface area contributed by atoms with Gasteiger partial charge in [0.1, 0.15) is 17.1 Å². The van der Waals surface area contributed by atoms with Gasteiger partial charge in [-0.3, -0.25) is 4.57 Å². The van der Waals surface area contributed by atoms with Crippen LogP contribution in [0.15, 0.2) is 47.3 Å². The van der Waals surface area contributed by atoms with E-state index in [1.54, 1.807) is 30.3 Å². The van der Waals surface area contributed by atoms with Crippen LogP contribution in [0.25, 0.3) is 11.0 Å². The van der Waals surface area contributed by atoms with Gasteiger partial charge in [-0.1, -0.05) is 24.3 Å². The summed E-state index contributed by atoms with van der Waals surface area (Å²) in [5.74, 6) is -0.356. The maximum Gasteiger partial charge on any atom is 0.326 e. The summed E-state index contributed by atoms with van der Waals surface area (Å²) >= 11 is 0. The number of benzene rings is 2. The molecule has 1 heterocycles. The first-order chi connectivity index (χ1) is 9.16. The van der Waals surface area contributed by atoms with Crippen LogP contribution < -0.4 is 5.69 Å². The highest BCUT2D eigenvalue weighted by Crippen LogP contribution is 2.21. The first-order valence-corrected chi connectivity index (χ1v) is 5.81. The highest BCUT2D eigenvalue weighted by molar-refractivity contribution is 5.81. The molecule has 0 unspecified atom stereocenters. The van der Waals surface area contributed by atoms with Gasteiger partial charge in [-0.2, -0.15) is 0 Å². The number of hydrogen-bond donors (Lipinski definition) is 2. The number of para-hydroxylation sites is 1. The fourth-order valence-corrected chi connectivity index (χ4v) is 2.12. The number of phenolic OH excluding ortho intramolecular Hbond substituents is 1. The van der Waals surface area contributed by atoms with Crippen LogP contribution in [0.3, 0.4) is 0 Å². The van der Waals surface area contributed by atoms with Crippen LogP contribution in [-0.4, -0.2) is 14.7 Å². The second-order valence-corrected chi connectivity index (χ2v) is 4.28. The number of aromatic amines is 1. The van der Waals surface area contributed by atoms with Gasteiger partial charge in [-0.05, 0) is 18.2 Å². The van der Waals surface area contributed by atoms with E-state index in [-0.39, 0.29) is 23.8 Å². The average Bonchev–Trinajstić information content (AvgIpc) is 2.71. The van der Waals surface area contributed by atoms with Crippen LogP contribution in [0.2, 0.25) is 0 Å². The molecule has 0 radical (unpaired) electrons. The van der Waals surface area contributed by atoms with Gasteiger partial charge in [-0.25, -0.2) is 9.18 Å². The lowest BCUT2D eigenvalue weighted by molar-refractivity contribution is 0.480. The minimum absolute atomic E-state index is 0.00174. The summed E-state index contributed by atoms with van der Waals surface area (Å²) in [4.78, 5) is 14.5. The Kier molecular flexibility index (Phi) is 2.59. The molecule has 1 aromatic heterocycles. The fraction of sp³-hybridized carbons (Fsp3) is 0.0714. The van der Waals surface area contributed by atoms with Gasteiger partial charge >= 0.3 is 5.69 Å². The van der Waals surface area contributed by atoms with Gasteiger partial charge in [-0.15, -0.1) is 0 Å². The molecular formula is C14H11FN2O2. The second-order valence-electron chi connectivity index (χ2n) is 4.28. The minimum Gasteiger partial charge on any atom is -0.506 e. The van der Waals surface area contributed by atoms with Crippen LogP contribution in [0.1, 0.15) is 5.56 Å². The van der Waals surface area contributed by atoms with Gasteiger partial charge in [0.15, 0.2) is 0 Å². The third-order valence-corrected chi connectivity index (χ3v) is 3.07. The number of rotatable bonds is 2. The molecule has 0 bridgehead atoms. The lowest BCUT2D eigenvalue weighted by Gasteiger charge is -2.05. The maximum absolute atomic E-state index is 13.6. The molecule has 0 spiro atoms.